The van der Waals surface area contributed by atoms with Gasteiger partial charge in [-0.15, -0.1) is 0 Å². The third-order valence-electron chi connectivity index (χ3n) is 4.21. The number of fused-ring (bicyclic) bond motifs is 1. The molecule has 0 saturated carbocycles. The number of nitrogens with zero attached hydrogens (tertiary/aromatic N) is 2. The maximum Gasteiger partial charge on any atom is 0.258 e. The van der Waals surface area contributed by atoms with E-state index in [-0.39, 0.29) is 17.0 Å². The van der Waals surface area contributed by atoms with E-state index in [0.717, 1.165) is 5.69 Å². The number of hydrogen-bond donors (Lipinski definition) is 1. The van der Waals surface area contributed by atoms with Crippen molar-refractivity contribution in [1.29, 1.82) is 5.26 Å². The average molecular weight is 325 g/mol. The van der Waals surface area contributed by atoms with Gasteiger partial charge in [-0.05, 0) is 31.5 Å². The van der Waals surface area contributed by atoms with Crippen LogP contribution in [-0.2, 0) is 6.54 Å². The van der Waals surface area contributed by atoms with E-state index in [4.69, 9.17) is 10.5 Å². The van der Waals surface area contributed by atoms with Crippen LogP contribution in [0, 0.1) is 24.1 Å². The van der Waals surface area contributed by atoms with Gasteiger partial charge in [-0.25, -0.2) is 4.39 Å². The van der Waals surface area contributed by atoms with Gasteiger partial charge in [0.05, 0.1) is 11.5 Å². The van der Waals surface area contributed by atoms with Crippen molar-refractivity contribution in [3.8, 4) is 11.8 Å². The summed E-state index contributed by atoms with van der Waals surface area (Å²) in [6.45, 7) is 4.17. The standard InChI is InChI=1S/C18H16FN3O2/c1-3-22-10(2)8-14-16(18(22)23)15(13(9-20)17(21)24-14)11-4-6-12(19)7-5-11/h4-8,15H,3,21H2,1-2H3/t15-/m1/s1. The Bertz CT molecular complexity index is 936. The summed E-state index contributed by atoms with van der Waals surface area (Å²) in [5.74, 6) is -0.762. The van der Waals surface area contributed by atoms with Crippen molar-refractivity contribution in [2.45, 2.75) is 26.3 Å². The zero-order valence-electron chi connectivity index (χ0n) is 13.3. The van der Waals surface area contributed by atoms with Gasteiger partial charge in [-0.1, -0.05) is 12.1 Å². The zero-order valence-corrected chi connectivity index (χ0v) is 13.3. The molecule has 0 spiro atoms. The molecule has 0 fully saturated rings. The number of nitrogens with two attached hydrogens (primary N) is 1. The van der Waals surface area contributed by atoms with Gasteiger partial charge in [-0.2, -0.15) is 5.26 Å². The third-order valence-corrected chi connectivity index (χ3v) is 4.21. The van der Waals surface area contributed by atoms with Crippen molar-refractivity contribution in [3.05, 3.63) is 74.8 Å². The van der Waals surface area contributed by atoms with Crippen LogP contribution in [0.2, 0.25) is 0 Å². The first kappa shape index (κ1) is 15.8. The van der Waals surface area contributed by atoms with Crippen LogP contribution in [0.25, 0.3) is 0 Å². The summed E-state index contributed by atoms with van der Waals surface area (Å²) >= 11 is 0. The largest absolute Gasteiger partial charge is 0.440 e. The van der Waals surface area contributed by atoms with Gasteiger partial charge >= 0.3 is 0 Å². The molecule has 3 rings (SSSR count). The number of benzene rings is 1. The lowest BCUT2D eigenvalue weighted by atomic mass is 9.84. The van der Waals surface area contributed by atoms with Gasteiger partial charge in [0.25, 0.3) is 5.56 Å². The summed E-state index contributed by atoms with van der Waals surface area (Å²) < 4.78 is 20.4. The molecule has 5 nitrogen and oxygen atoms in total. The molecular formula is C18H16FN3O2. The molecule has 0 amide bonds. The smallest absolute Gasteiger partial charge is 0.258 e. The first-order chi connectivity index (χ1) is 11.5. The Morgan fingerprint density at radius 3 is 2.62 bits per heavy atom. The van der Waals surface area contributed by atoms with Crippen molar-refractivity contribution >= 4 is 0 Å². The minimum Gasteiger partial charge on any atom is -0.440 e. The summed E-state index contributed by atoms with van der Waals surface area (Å²) in [7, 11) is 0. The summed E-state index contributed by atoms with van der Waals surface area (Å²) in [5.41, 5.74) is 7.51. The fourth-order valence-electron chi connectivity index (χ4n) is 3.07. The summed E-state index contributed by atoms with van der Waals surface area (Å²) in [6.07, 6.45) is 0. The lowest BCUT2D eigenvalue weighted by Crippen LogP contribution is -2.32. The fourth-order valence-corrected chi connectivity index (χ4v) is 3.07. The predicted molar refractivity (Wildman–Crippen MR) is 86.8 cm³/mol. The molecule has 1 aliphatic rings. The van der Waals surface area contributed by atoms with Crippen LogP contribution in [0.1, 0.15) is 29.7 Å². The fraction of sp³-hybridized carbons (Fsp3) is 0.222. The number of nitriles is 1. The summed E-state index contributed by atoms with van der Waals surface area (Å²) in [4.78, 5) is 12.9. The first-order valence-electron chi connectivity index (χ1n) is 7.55. The van der Waals surface area contributed by atoms with E-state index < -0.39 is 11.7 Å². The highest BCUT2D eigenvalue weighted by Gasteiger charge is 2.34. The molecule has 24 heavy (non-hydrogen) atoms. The van der Waals surface area contributed by atoms with Crippen LogP contribution < -0.4 is 16.0 Å². The molecule has 122 valence electrons. The van der Waals surface area contributed by atoms with E-state index >= 15 is 0 Å². The van der Waals surface area contributed by atoms with Crippen LogP contribution in [0.15, 0.2) is 46.6 Å². The van der Waals surface area contributed by atoms with E-state index in [1.807, 2.05) is 13.0 Å². The third kappa shape index (κ3) is 2.35. The second-order valence-electron chi connectivity index (χ2n) is 5.59. The lowest BCUT2D eigenvalue weighted by Gasteiger charge is -2.27. The Morgan fingerprint density at radius 1 is 1.38 bits per heavy atom. The monoisotopic (exact) mass is 325 g/mol. The van der Waals surface area contributed by atoms with Crippen molar-refractivity contribution in [3.63, 3.8) is 0 Å². The highest BCUT2D eigenvalue weighted by molar-refractivity contribution is 5.55. The number of allylic oxidation sites excluding steroid dienone is 1. The van der Waals surface area contributed by atoms with Gasteiger partial charge < -0.3 is 15.0 Å². The summed E-state index contributed by atoms with van der Waals surface area (Å²) in [5, 5.41) is 9.49. The van der Waals surface area contributed by atoms with Crippen LogP contribution in [0.4, 0.5) is 4.39 Å². The van der Waals surface area contributed by atoms with Crippen molar-refractivity contribution in [2.75, 3.05) is 0 Å². The molecule has 1 aromatic carbocycles. The van der Waals surface area contributed by atoms with Crippen molar-refractivity contribution in [2.24, 2.45) is 5.73 Å². The number of halogens is 1. The number of hydrogen-bond acceptors (Lipinski definition) is 4. The predicted octanol–water partition coefficient (Wildman–Crippen LogP) is 2.53. The van der Waals surface area contributed by atoms with Crippen molar-refractivity contribution in [1.82, 2.24) is 4.57 Å². The minimum atomic E-state index is -0.676. The summed E-state index contributed by atoms with van der Waals surface area (Å²) in [6, 6.07) is 9.45. The molecule has 1 aliphatic heterocycles. The van der Waals surface area contributed by atoms with Crippen molar-refractivity contribution < 1.29 is 9.13 Å². The number of pyridine rings is 1. The lowest BCUT2D eigenvalue weighted by molar-refractivity contribution is 0.388. The number of aromatic nitrogens is 1. The molecule has 2 heterocycles. The highest BCUT2D eigenvalue weighted by atomic mass is 19.1. The second-order valence-corrected chi connectivity index (χ2v) is 5.59. The van der Waals surface area contributed by atoms with Gasteiger partial charge in [-0.3, -0.25) is 4.79 Å². The topological polar surface area (TPSA) is 81.0 Å². The van der Waals surface area contributed by atoms with Gasteiger partial charge in [0.1, 0.15) is 23.2 Å². The highest BCUT2D eigenvalue weighted by Crippen LogP contribution is 2.40. The van der Waals surface area contributed by atoms with Crippen LogP contribution in [-0.4, -0.2) is 4.57 Å². The van der Waals surface area contributed by atoms with Gasteiger partial charge in [0.15, 0.2) is 0 Å². The van der Waals surface area contributed by atoms with E-state index in [0.29, 0.717) is 23.4 Å². The number of rotatable bonds is 2. The zero-order chi connectivity index (χ0) is 17.4. The molecule has 0 saturated heterocycles. The maximum atomic E-state index is 13.3. The Kier molecular flexibility index (Phi) is 3.86. The van der Waals surface area contributed by atoms with E-state index in [1.54, 1.807) is 29.7 Å². The maximum absolute atomic E-state index is 13.3. The van der Waals surface area contributed by atoms with E-state index in [1.165, 1.54) is 12.1 Å². The van der Waals surface area contributed by atoms with E-state index in [2.05, 4.69) is 0 Å². The molecule has 2 N–H and O–H groups in total. The van der Waals surface area contributed by atoms with Crippen LogP contribution >= 0.6 is 0 Å². The normalized spacial score (nSPS) is 16.3. The molecule has 1 aromatic heterocycles. The second kappa shape index (κ2) is 5.85. The molecule has 1 atom stereocenters. The molecular weight excluding hydrogens is 309 g/mol. The molecule has 0 unspecified atom stereocenters. The van der Waals surface area contributed by atoms with Crippen LogP contribution in [0.5, 0.6) is 5.75 Å². The molecule has 0 aliphatic carbocycles. The number of aryl methyl sites for hydroxylation is 1. The quantitative estimate of drug-likeness (QED) is 0.920. The first-order valence-corrected chi connectivity index (χ1v) is 7.55. The Labute approximate surface area is 138 Å². The van der Waals surface area contributed by atoms with E-state index in [9.17, 15) is 14.4 Å². The van der Waals surface area contributed by atoms with Gasteiger partial charge in [0, 0.05) is 18.3 Å². The Balaban J connectivity index is 2.33. The molecule has 0 bridgehead atoms. The molecule has 0 radical (unpaired) electrons. The minimum absolute atomic E-state index is 0.0348. The molecule has 2 aromatic rings. The Hall–Kier alpha value is -3.07. The molecule has 6 heteroatoms. The van der Waals surface area contributed by atoms with Crippen LogP contribution in [0.3, 0.4) is 0 Å². The SMILES string of the molecule is CCn1c(C)cc2c(c1=O)[C@H](c1ccc(F)cc1)C(C#N)=C(N)O2. The number of ether oxygens (including phenoxy) is 1. The Morgan fingerprint density at radius 2 is 2.04 bits per heavy atom. The van der Waals surface area contributed by atoms with Gasteiger partial charge in [0.2, 0.25) is 5.88 Å². The average Bonchev–Trinajstić information content (AvgIpc) is 2.54.